The van der Waals surface area contributed by atoms with E-state index in [2.05, 4.69) is 6.58 Å². The average molecular weight is 247 g/mol. The normalized spacial score (nSPS) is 10.1. The summed E-state index contributed by atoms with van der Waals surface area (Å²) in [4.78, 5) is 13.4. The zero-order valence-electron chi connectivity index (χ0n) is 9.33. The van der Waals surface area contributed by atoms with Gasteiger partial charge in [-0.25, -0.2) is 0 Å². The van der Waals surface area contributed by atoms with Gasteiger partial charge in [-0.15, -0.1) is 0 Å². The predicted octanol–water partition coefficient (Wildman–Crippen LogP) is 3.06. The van der Waals surface area contributed by atoms with E-state index in [1.54, 1.807) is 22.5 Å². The highest BCUT2D eigenvalue weighted by Crippen LogP contribution is 2.13. The molecule has 0 atom stereocenters. The maximum absolute atomic E-state index is 11.7. The average Bonchev–Trinajstić information content (AvgIpc) is 3.00. The number of hydrogen-bond acceptors (Lipinski definition) is 3. The first-order valence-corrected chi connectivity index (χ1v) is 6.18. The summed E-state index contributed by atoms with van der Waals surface area (Å²) < 4.78 is 5.25. The van der Waals surface area contributed by atoms with Crippen LogP contribution in [0.1, 0.15) is 11.3 Å². The fraction of sp³-hybridized carbons (Fsp3) is 0.154. The Morgan fingerprint density at radius 1 is 1.47 bits per heavy atom. The number of furan rings is 1. The van der Waals surface area contributed by atoms with Crippen molar-refractivity contribution in [3.05, 3.63) is 59.2 Å². The van der Waals surface area contributed by atoms with Crippen LogP contribution in [-0.2, 0) is 17.9 Å². The van der Waals surface area contributed by atoms with Gasteiger partial charge in [0, 0.05) is 6.54 Å². The maximum atomic E-state index is 11.7. The van der Waals surface area contributed by atoms with E-state index >= 15 is 0 Å². The van der Waals surface area contributed by atoms with Gasteiger partial charge in [0.15, 0.2) is 0 Å². The molecule has 0 unspecified atom stereocenters. The lowest BCUT2D eigenvalue weighted by atomic mass is 10.3. The first-order chi connectivity index (χ1) is 8.29. The minimum atomic E-state index is -0.0902. The van der Waals surface area contributed by atoms with Crippen molar-refractivity contribution in [3.8, 4) is 0 Å². The van der Waals surface area contributed by atoms with Crippen LogP contribution in [0.3, 0.4) is 0 Å². The highest BCUT2D eigenvalue weighted by Gasteiger charge is 2.13. The number of carbonyl (C=O) groups excluding carboxylic acids is 1. The monoisotopic (exact) mass is 247 g/mol. The fourth-order valence-corrected chi connectivity index (χ4v) is 2.19. The molecule has 0 aliphatic rings. The van der Waals surface area contributed by atoms with Crippen LogP contribution in [0.25, 0.3) is 0 Å². The van der Waals surface area contributed by atoms with Crippen LogP contribution < -0.4 is 0 Å². The van der Waals surface area contributed by atoms with Crippen molar-refractivity contribution in [1.29, 1.82) is 0 Å². The van der Waals surface area contributed by atoms with Crippen LogP contribution in [0.4, 0.5) is 0 Å². The minimum Gasteiger partial charge on any atom is -0.467 e. The molecule has 0 N–H and O–H groups in total. The van der Waals surface area contributed by atoms with Crippen molar-refractivity contribution < 1.29 is 9.21 Å². The van der Waals surface area contributed by atoms with Gasteiger partial charge >= 0.3 is 0 Å². The van der Waals surface area contributed by atoms with Crippen LogP contribution >= 0.6 is 11.3 Å². The van der Waals surface area contributed by atoms with Crippen molar-refractivity contribution in [2.24, 2.45) is 0 Å². The Kier molecular flexibility index (Phi) is 3.77. The molecule has 17 heavy (non-hydrogen) atoms. The summed E-state index contributed by atoms with van der Waals surface area (Å²) in [5, 5.41) is 4.03. The van der Waals surface area contributed by atoms with Gasteiger partial charge in [0.2, 0.25) is 5.91 Å². The van der Waals surface area contributed by atoms with Crippen molar-refractivity contribution in [2.75, 3.05) is 0 Å². The van der Waals surface area contributed by atoms with Crippen LogP contribution in [-0.4, -0.2) is 10.8 Å². The standard InChI is InChI=1S/C13H13NO2S/c1-2-13(15)14(8-11-5-7-17-10-11)9-12-4-3-6-16-12/h2-7,10H,1,8-9H2. The van der Waals surface area contributed by atoms with Gasteiger partial charge in [0.05, 0.1) is 12.8 Å². The Balaban J connectivity index is 2.08. The van der Waals surface area contributed by atoms with Gasteiger partial charge in [0.1, 0.15) is 5.76 Å². The summed E-state index contributed by atoms with van der Waals surface area (Å²) in [6.07, 6.45) is 2.94. The lowest BCUT2D eigenvalue weighted by molar-refractivity contribution is -0.127. The summed E-state index contributed by atoms with van der Waals surface area (Å²) in [5.41, 5.74) is 1.12. The van der Waals surface area contributed by atoms with Crippen LogP contribution in [0.15, 0.2) is 52.3 Å². The van der Waals surface area contributed by atoms with E-state index in [1.807, 2.05) is 29.0 Å². The first kappa shape index (κ1) is 11.7. The molecule has 3 nitrogen and oxygen atoms in total. The third kappa shape index (κ3) is 3.07. The molecule has 0 fully saturated rings. The molecule has 0 aliphatic heterocycles. The molecular weight excluding hydrogens is 234 g/mol. The molecule has 0 aromatic carbocycles. The van der Waals surface area contributed by atoms with E-state index in [9.17, 15) is 4.79 Å². The molecule has 2 aromatic rings. The largest absolute Gasteiger partial charge is 0.467 e. The molecule has 0 saturated carbocycles. The van der Waals surface area contributed by atoms with E-state index in [-0.39, 0.29) is 5.91 Å². The van der Waals surface area contributed by atoms with E-state index < -0.39 is 0 Å². The first-order valence-electron chi connectivity index (χ1n) is 5.24. The number of amides is 1. The molecule has 2 aromatic heterocycles. The Bertz CT molecular complexity index is 437. The molecular formula is C13H13NO2S. The third-order valence-corrected chi connectivity index (χ3v) is 3.10. The lowest BCUT2D eigenvalue weighted by Gasteiger charge is -2.19. The third-order valence-electron chi connectivity index (χ3n) is 2.37. The molecule has 0 bridgehead atoms. The highest BCUT2D eigenvalue weighted by molar-refractivity contribution is 7.07. The van der Waals surface area contributed by atoms with Gasteiger partial charge in [-0.05, 0) is 40.6 Å². The van der Waals surface area contributed by atoms with E-state index in [1.165, 1.54) is 6.08 Å². The summed E-state index contributed by atoms with van der Waals surface area (Å²) in [5.74, 6) is 0.683. The van der Waals surface area contributed by atoms with Gasteiger partial charge < -0.3 is 9.32 Å². The number of carbonyl (C=O) groups is 1. The molecule has 0 radical (unpaired) electrons. The van der Waals surface area contributed by atoms with Gasteiger partial charge in [-0.3, -0.25) is 4.79 Å². The van der Waals surface area contributed by atoms with Crippen molar-refractivity contribution in [1.82, 2.24) is 4.90 Å². The Morgan fingerprint density at radius 3 is 2.94 bits per heavy atom. The van der Waals surface area contributed by atoms with Gasteiger partial charge in [-0.2, -0.15) is 11.3 Å². The second kappa shape index (κ2) is 5.50. The Hall–Kier alpha value is -1.81. The van der Waals surface area contributed by atoms with E-state index in [4.69, 9.17) is 4.42 Å². The van der Waals surface area contributed by atoms with Crippen molar-refractivity contribution in [3.63, 3.8) is 0 Å². The Labute approximate surface area is 104 Å². The molecule has 4 heteroatoms. The second-order valence-corrected chi connectivity index (χ2v) is 4.39. The van der Waals surface area contributed by atoms with Crippen molar-refractivity contribution >= 4 is 17.2 Å². The number of hydrogen-bond donors (Lipinski definition) is 0. The maximum Gasteiger partial charge on any atom is 0.246 e. The van der Waals surface area contributed by atoms with Crippen molar-refractivity contribution in [2.45, 2.75) is 13.1 Å². The smallest absolute Gasteiger partial charge is 0.246 e. The van der Waals surface area contributed by atoms with Gasteiger partial charge in [-0.1, -0.05) is 6.58 Å². The number of thiophene rings is 1. The SMILES string of the molecule is C=CC(=O)N(Cc1ccsc1)Cc1ccco1. The molecule has 1 amide bonds. The zero-order valence-corrected chi connectivity index (χ0v) is 10.2. The summed E-state index contributed by atoms with van der Waals surface area (Å²) in [6, 6.07) is 5.68. The Morgan fingerprint density at radius 2 is 2.35 bits per heavy atom. The predicted molar refractivity (Wildman–Crippen MR) is 67.5 cm³/mol. The molecule has 0 spiro atoms. The van der Waals surface area contributed by atoms with E-state index in [0.717, 1.165) is 11.3 Å². The number of nitrogens with zero attached hydrogens (tertiary/aromatic N) is 1. The topological polar surface area (TPSA) is 33.5 Å². The second-order valence-electron chi connectivity index (χ2n) is 3.61. The van der Waals surface area contributed by atoms with Crippen LogP contribution in [0.5, 0.6) is 0 Å². The molecule has 88 valence electrons. The fourth-order valence-electron chi connectivity index (χ4n) is 1.53. The van der Waals surface area contributed by atoms with Gasteiger partial charge in [0.25, 0.3) is 0 Å². The molecule has 2 heterocycles. The summed E-state index contributed by atoms with van der Waals surface area (Å²) in [7, 11) is 0. The quantitative estimate of drug-likeness (QED) is 0.761. The highest BCUT2D eigenvalue weighted by atomic mass is 32.1. The molecule has 2 rings (SSSR count). The van der Waals surface area contributed by atoms with E-state index in [0.29, 0.717) is 13.1 Å². The molecule has 0 saturated heterocycles. The minimum absolute atomic E-state index is 0.0902. The summed E-state index contributed by atoms with van der Waals surface area (Å²) >= 11 is 1.62. The lowest BCUT2D eigenvalue weighted by Crippen LogP contribution is -2.27. The van der Waals surface area contributed by atoms with Crippen LogP contribution in [0.2, 0.25) is 0 Å². The molecule has 0 aliphatic carbocycles. The van der Waals surface area contributed by atoms with Crippen LogP contribution in [0, 0.1) is 0 Å². The number of rotatable bonds is 5. The zero-order chi connectivity index (χ0) is 12.1. The summed E-state index contributed by atoms with van der Waals surface area (Å²) in [6.45, 7) is 4.57.